The predicted molar refractivity (Wildman–Crippen MR) is 76.1 cm³/mol. The highest BCUT2D eigenvalue weighted by Crippen LogP contribution is 2.72. The standard InChI is InChI=1S/C17H23FO2/c1-15(2)11-8-9-16(3,10-11)17(15,19)12-6-5-7-13(20-4)14(12)18/h5-7,11,19H,8-10H2,1-4H3. The molecule has 2 nitrogen and oxygen atoms in total. The number of methoxy groups -OCH3 is 1. The molecule has 0 aliphatic heterocycles. The lowest BCUT2D eigenvalue weighted by Gasteiger charge is -2.51. The fourth-order valence-corrected chi connectivity index (χ4v) is 4.88. The molecule has 0 radical (unpaired) electrons. The number of fused-ring (bicyclic) bond motifs is 2. The molecular formula is C17H23FO2. The summed E-state index contributed by atoms with van der Waals surface area (Å²) in [7, 11) is 1.46. The first kappa shape index (κ1) is 13.9. The van der Waals surface area contributed by atoms with Crippen LogP contribution in [0, 0.1) is 22.6 Å². The van der Waals surface area contributed by atoms with Crippen LogP contribution in [0.15, 0.2) is 18.2 Å². The normalized spacial score (nSPS) is 38.2. The predicted octanol–water partition coefficient (Wildman–Crippen LogP) is 3.87. The summed E-state index contributed by atoms with van der Waals surface area (Å²) in [6.07, 6.45) is 3.04. The number of aliphatic hydroxyl groups is 1. The van der Waals surface area contributed by atoms with Crippen LogP contribution in [0.1, 0.15) is 45.6 Å². The number of benzene rings is 1. The van der Waals surface area contributed by atoms with E-state index in [0.717, 1.165) is 19.3 Å². The fourth-order valence-electron chi connectivity index (χ4n) is 4.88. The van der Waals surface area contributed by atoms with E-state index in [1.165, 1.54) is 7.11 Å². The van der Waals surface area contributed by atoms with Gasteiger partial charge in [-0.15, -0.1) is 0 Å². The Morgan fingerprint density at radius 2 is 2.00 bits per heavy atom. The number of hydrogen-bond acceptors (Lipinski definition) is 2. The molecule has 3 rings (SSSR count). The van der Waals surface area contributed by atoms with Gasteiger partial charge in [0.2, 0.25) is 0 Å². The Hall–Kier alpha value is -1.09. The quantitative estimate of drug-likeness (QED) is 0.890. The molecule has 0 spiro atoms. The Morgan fingerprint density at radius 3 is 2.55 bits per heavy atom. The molecule has 3 unspecified atom stereocenters. The summed E-state index contributed by atoms with van der Waals surface area (Å²) < 4.78 is 19.8. The first-order valence-electron chi connectivity index (χ1n) is 7.33. The summed E-state index contributed by atoms with van der Waals surface area (Å²) in [6.45, 7) is 6.24. The molecule has 110 valence electrons. The maximum atomic E-state index is 14.7. The minimum absolute atomic E-state index is 0.207. The van der Waals surface area contributed by atoms with Crippen molar-refractivity contribution in [2.24, 2.45) is 16.7 Å². The van der Waals surface area contributed by atoms with Crippen molar-refractivity contribution in [1.29, 1.82) is 0 Å². The second kappa shape index (κ2) is 3.97. The Labute approximate surface area is 120 Å². The van der Waals surface area contributed by atoms with Crippen LogP contribution in [0.4, 0.5) is 4.39 Å². The molecule has 0 amide bonds. The molecule has 3 heteroatoms. The van der Waals surface area contributed by atoms with E-state index < -0.39 is 11.4 Å². The Bertz CT molecular complexity index is 547. The van der Waals surface area contributed by atoms with Crippen LogP contribution in [0.2, 0.25) is 0 Å². The van der Waals surface area contributed by atoms with Crippen molar-refractivity contribution >= 4 is 0 Å². The lowest BCUT2D eigenvalue weighted by molar-refractivity contribution is -0.152. The highest BCUT2D eigenvalue weighted by molar-refractivity contribution is 5.40. The van der Waals surface area contributed by atoms with Crippen molar-refractivity contribution in [3.05, 3.63) is 29.6 Å². The third kappa shape index (κ3) is 1.37. The van der Waals surface area contributed by atoms with Gasteiger partial charge in [-0.25, -0.2) is 4.39 Å². The number of halogens is 1. The summed E-state index contributed by atoms with van der Waals surface area (Å²) in [5.74, 6) is 0.237. The number of rotatable bonds is 2. The maximum Gasteiger partial charge on any atom is 0.171 e. The first-order valence-corrected chi connectivity index (χ1v) is 7.33. The molecular weight excluding hydrogens is 255 g/mol. The smallest absolute Gasteiger partial charge is 0.171 e. The third-order valence-corrected chi connectivity index (χ3v) is 6.14. The first-order chi connectivity index (χ1) is 9.28. The minimum atomic E-state index is -1.14. The molecule has 1 aromatic carbocycles. The van der Waals surface area contributed by atoms with Crippen molar-refractivity contribution < 1.29 is 14.2 Å². The van der Waals surface area contributed by atoms with Crippen LogP contribution in [-0.4, -0.2) is 12.2 Å². The molecule has 3 atom stereocenters. The van der Waals surface area contributed by atoms with Gasteiger partial charge in [-0.05, 0) is 31.2 Å². The summed E-state index contributed by atoms with van der Waals surface area (Å²) in [4.78, 5) is 0. The van der Waals surface area contributed by atoms with Crippen molar-refractivity contribution in [3.8, 4) is 5.75 Å². The molecule has 0 aromatic heterocycles. The van der Waals surface area contributed by atoms with E-state index in [9.17, 15) is 9.50 Å². The van der Waals surface area contributed by atoms with E-state index in [4.69, 9.17) is 4.74 Å². The molecule has 0 heterocycles. The lowest BCUT2D eigenvalue weighted by atomic mass is 9.57. The lowest BCUT2D eigenvalue weighted by Crippen LogP contribution is -2.51. The summed E-state index contributed by atoms with van der Waals surface area (Å²) in [6, 6.07) is 5.08. The topological polar surface area (TPSA) is 29.5 Å². The summed E-state index contributed by atoms with van der Waals surface area (Å²) >= 11 is 0. The van der Waals surface area contributed by atoms with Crippen LogP contribution in [0.3, 0.4) is 0 Å². The van der Waals surface area contributed by atoms with E-state index in [1.54, 1.807) is 18.2 Å². The van der Waals surface area contributed by atoms with Gasteiger partial charge >= 0.3 is 0 Å². The van der Waals surface area contributed by atoms with Gasteiger partial charge in [0.25, 0.3) is 0 Å². The van der Waals surface area contributed by atoms with Crippen LogP contribution in [-0.2, 0) is 5.60 Å². The van der Waals surface area contributed by atoms with Gasteiger partial charge in [-0.1, -0.05) is 32.9 Å². The molecule has 2 aliphatic carbocycles. The van der Waals surface area contributed by atoms with E-state index in [0.29, 0.717) is 11.5 Å². The van der Waals surface area contributed by atoms with Gasteiger partial charge in [-0.2, -0.15) is 0 Å². The van der Waals surface area contributed by atoms with Crippen LogP contribution >= 0.6 is 0 Å². The Morgan fingerprint density at radius 1 is 1.30 bits per heavy atom. The number of hydrogen-bond donors (Lipinski definition) is 1. The SMILES string of the molecule is COc1cccc(C2(O)C3(C)CCC(C3)C2(C)C)c1F. The van der Waals surface area contributed by atoms with Gasteiger partial charge in [0.05, 0.1) is 7.11 Å². The van der Waals surface area contributed by atoms with Gasteiger partial charge < -0.3 is 9.84 Å². The van der Waals surface area contributed by atoms with Crippen molar-refractivity contribution in [2.45, 2.75) is 45.6 Å². The number of ether oxygens (including phenoxy) is 1. The zero-order chi connectivity index (χ0) is 14.8. The highest BCUT2D eigenvalue weighted by atomic mass is 19.1. The van der Waals surface area contributed by atoms with Gasteiger partial charge in [0.15, 0.2) is 11.6 Å². The van der Waals surface area contributed by atoms with E-state index in [2.05, 4.69) is 20.8 Å². The van der Waals surface area contributed by atoms with E-state index in [1.807, 2.05) is 0 Å². The highest BCUT2D eigenvalue weighted by Gasteiger charge is 2.69. The van der Waals surface area contributed by atoms with Gasteiger partial charge in [-0.3, -0.25) is 0 Å². The monoisotopic (exact) mass is 278 g/mol. The molecule has 20 heavy (non-hydrogen) atoms. The average molecular weight is 278 g/mol. The Kier molecular flexibility index (Phi) is 2.75. The zero-order valence-corrected chi connectivity index (χ0v) is 12.7. The molecule has 2 fully saturated rings. The summed E-state index contributed by atoms with van der Waals surface area (Å²) in [5, 5.41) is 11.5. The van der Waals surface area contributed by atoms with Crippen LogP contribution in [0.25, 0.3) is 0 Å². The van der Waals surface area contributed by atoms with Gasteiger partial charge in [0.1, 0.15) is 5.60 Å². The van der Waals surface area contributed by atoms with Crippen molar-refractivity contribution in [1.82, 2.24) is 0 Å². The fraction of sp³-hybridized carbons (Fsp3) is 0.647. The minimum Gasteiger partial charge on any atom is -0.494 e. The third-order valence-electron chi connectivity index (χ3n) is 6.14. The molecule has 1 N–H and O–H groups in total. The average Bonchev–Trinajstić information content (AvgIpc) is 2.87. The van der Waals surface area contributed by atoms with E-state index in [-0.39, 0.29) is 16.6 Å². The molecule has 2 aliphatic rings. The zero-order valence-electron chi connectivity index (χ0n) is 12.7. The second-order valence-electron chi connectivity index (χ2n) is 7.25. The molecule has 0 saturated heterocycles. The van der Waals surface area contributed by atoms with Gasteiger partial charge in [0, 0.05) is 16.4 Å². The van der Waals surface area contributed by atoms with Crippen LogP contribution < -0.4 is 4.74 Å². The Balaban J connectivity index is 2.22. The van der Waals surface area contributed by atoms with E-state index >= 15 is 0 Å². The second-order valence-corrected chi connectivity index (χ2v) is 7.25. The maximum absolute atomic E-state index is 14.7. The summed E-state index contributed by atoms with van der Waals surface area (Å²) in [5.41, 5.74) is -1.32. The van der Waals surface area contributed by atoms with Crippen molar-refractivity contribution in [2.75, 3.05) is 7.11 Å². The van der Waals surface area contributed by atoms with Crippen molar-refractivity contribution in [3.63, 3.8) is 0 Å². The molecule has 2 saturated carbocycles. The molecule has 2 bridgehead atoms. The largest absolute Gasteiger partial charge is 0.494 e. The van der Waals surface area contributed by atoms with Crippen LogP contribution in [0.5, 0.6) is 5.75 Å². The molecule has 1 aromatic rings.